The molecule has 6 rings (SSSR count). The second kappa shape index (κ2) is 8.03. The smallest absolute Gasteiger partial charge is 0.271 e. The fraction of sp³-hybridized carbons (Fsp3) is 0.154. The van der Waals surface area contributed by atoms with Gasteiger partial charge in [0.05, 0.1) is 16.3 Å². The molecule has 0 saturated heterocycles. The summed E-state index contributed by atoms with van der Waals surface area (Å²) in [5, 5.41) is 2.09. The minimum Gasteiger partial charge on any atom is -0.271 e. The van der Waals surface area contributed by atoms with E-state index in [1.807, 2.05) is 10.6 Å². The number of hydrogen-bond acceptors (Lipinski definition) is 5. The van der Waals surface area contributed by atoms with Crippen LogP contribution in [0.2, 0.25) is 0 Å². The van der Waals surface area contributed by atoms with Crippen LogP contribution in [0, 0.1) is 0 Å². The molecule has 1 aliphatic carbocycles. The Hall–Kier alpha value is -2.67. The molecule has 2 aromatic carbocycles. The fourth-order valence-electron chi connectivity index (χ4n) is 4.57. The van der Waals surface area contributed by atoms with Crippen LogP contribution in [0.4, 0.5) is 0 Å². The highest BCUT2D eigenvalue weighted by molar-refractivity contribution is 7.98. The Morgan fingerprint density at radius 1 is 1.06 bits per heavy atom. The Labute approximate surface area is 198 Å². The van der Waals surface area contributed by atoms with E-state index in [9.17, 15) is 4.79 Å². The van der Waals surface area contributed by atoms with E-state index in [-0.39, 0.29) is 11.6 Å². The van der Waals surface area contributed by atoms with Gasteiger partial charge in [-0.15, -0.1) is 23.1 Å². The molecule has 0 saturated carbocycles. The minimum absolute atomic E-state index is 0.0477. The molecule has 0 radical (unpaired) electrons. The first-order valence-corrected chi connectivity index (χ1v) is 13.5. The molecular weight excluding hydrogens is 453 g/mol. The number of nitrogens with zero attached hydrogens (tertiary/aromatic N) is 2. The molecule has 2 aliphatic rings. The number of aromatic nitrogens is 1. The molecule has 1 aliphatic heterocycles. The van der Waals surface area contributed by atoms with Gasteiger partial charge < -0.3 is 0 Å². The van der Waals surface area contributed by atoms with E-state index in [1.54, 1.807) is 23.1 Å². The quantitative estimate of drug-likeness (QED) is 0.389. The van der Waals surface area contributed by atoms with Crippen LogP contribution in [0.25, 0.3) is 11.8 Å². The number of aryl methyl sites for hydroxylation is 1. The van der Waals surface area contributed by atoms with Crippen LogP contribution < -0.4 is 14.9 Å². The van der Waals surface area contributed by atoms with Gasteiger partial charge in [-0.2, -0.15) is 0 Å². The van der Waals surface area contributed by atoms with Crippen molar-refractivity contribution in [2.24, 2.45) is 4.99 Å². The minimum atomic E-state index is -0.0735. The second-order valence-corrected chi connectivity index (χ2v) is 10.8. The SMILES string of the molecule is CSc1ccc(C=c2sc3n(c2=O)C(c2cccs2)C2=C(N=3)c3ccccc3CC2)cc1. The number of rotatable bonds is 3. The van der Waals surface area contributed by atoms with Crippen LogP contribution in [-0.4, -0.2) is 10.8 Å². The number of thioether (sulfide) groups is 1. The number of benzene rings is 2. The van der Waals surface area contributed by atoms with Crippen molar-refractivity contribution in [2.75, 3.05) is 6.26 Å². The molecule has 32 heavy (non-hydrogen) atoms. The highest BCUT2D eigenvalue weighted by Gasteiger charge is 2.32. The van der Waals surface area contributed by atoms with Crippen LogP contribution in [0.5, 0.6) is 0 Å². The van der Waals surface area contributed by atoms with E-state index in [1.165, 1.54) is 37.8 Å². The summed E-state index contributed by atoms with van der Waals surface area (Å²) in [4.78, 5) is 21.9. The average Bonchev–Trinajstić information content (AvgIpc) is 3.47. The molecule has 0 fully saturated rings. The molecule has 3 heterocycles. The summed E-state index contributed by atoms with van der Waals surface area (Å²) in [5.41, 5.74) is 5.95. The van der Waals surface area contributed by atoms with Crippen LogP contribution in [0.15, 0.2) is 86.3 Å². The molecule has 1 unspecified atom stereocenters. The van der Waals surface area contributed by atoms with Gasteiger partial charge in [0, 0.05) is 15.3 Å². The van der Waals surface area contributed by atoms with Crippen molar-refractivity contribution in [1.29, 1.82) is 0 Å². The standard InChI is InChI=1S/C26H20N2OS3/c1-30-18-11-8-16(9-12-18)15-22-25(29)28-24(21-7-4-14-31-21)20-13-10-17-5-2-3-6-19(17)23(20)27-26(28)32-22/h2-9,11-12,14-15,24H,10,13H2,1H3. The zero-order valence-electron chi connectivity index (χ0n) is 17.4. The van der Waals surface area contributed by atoms with Crippen LogP contribution in [0.1, 0.15) is 34.0 Å². The summed E-state index contributed by atoms with van der Waals surface area (Å²) >= 11 is 4.92. The van der Waals surface area contributed by atoms with Gasteiger partial charge in [0.2, 0.25) is 0 Å². The number of hydrogen-bond donors (Lipinski definition) is 0. The highest BCUT2D eigenvalue weighted by atomic mass is 32.2. The lowest BCUT2D eigenvalue weighted by Crippen LogP contribution is -2.38. The highest BCUT2D eigenvalue weighted by Crippen LogP contribution is 2.42. The number of thiazole rings is 1. The van der Waals surface area contributed by atoms with Crippen molar-refractivity contribution in [3.05, 3.63) is 113 Å². The molecule has 2 aromatic heterocycles. The number of thiophene rings is 1. The van der Waals surface area contributed by atoms with Crippen molar-refractivity contribution >= 4 is 46.2 Å². The van der Waals surface area contributed by atoms with Crippen LogP contribution >= 0.6 is 34.4 Å². The van der Waals surface area contributed by atoms with Gasteiger partial charge in [-0.05, 0) is 65.5 Å². The van der Waals surface area contributed by atoms with E-state index >= 15 is 0 Å². The van der Waals surface area contributed by atoms with Gasteiger partial charge in [-0.3, -0.25) is 9.36 Å². The van der Waals surface area contributed by atoms with Crippen molar-refractivity contribution in [2.45, 2.75) is 23.8 Å². The predicted molar refractivity (Wildman–Crippen MR) is 135 cm³/mol. The molecule has 0 bridgehead atoms. The normalized spacial score (nSPS) is 17.5. The summed E-state index contributed by atoms with van der Waals surface area (Å²) in [6, 6.07) is 21.0. The van der Waals surface area contributed by atoms with E-state index in [0.717, 1.165) is 33.4 Å². The topological polar surface area (TPSA) is 34.4 Å². The van der Waals surface area contributed by atoms with Crippen molar-refractivity contribution in [3.8, 4) is 0 Å². The summed E-state index contributed by atoms with van der Waals surface area (Å²) in [6.45, 7) is 0. The molecule has 3 nitrogen and oxygen atoms in total. The molecule has 0 amide bonds. The lowest BCUT2D eigenvalue weighted by Gasteiger charge is -2.30. The maximum Gasteiger partial charge on any atom is 0.271 e. The van der Waals surface area contributed by atoms with Crippen molar-refractivity contribution < 1.29 is 0 Å². The zero-order valence-corrected chi connectivity index (χ0v) is 19.9. The van der Waals surface area contributed by atoms with Gasteiger partial charge in [-0.25, -0.2) is 4.99 Å². The number of allylic oxidation sites excluding steroid dienone is 1. The monoisotopic (exact) mass is 472 g/mol. The number of fused-ring (bicyclic) bond motifs is 3. The Morgan fingerprint density at radius 3 is 2.69 bits per heavy atom. The first-order valence-electron chi connectivity index (χ1n) is 10.5. The third-order valence-corrected chi connectivity index (χ3v) is 8.75. The van der Waals surface area contributed by atoms with Crippen molar-refractivity contribution in [1.82, 2.24) is 4.57 Å². The Balaban J connectivity index is 1.58. The summed E-state index contributed by atoms with van der Waals surface area (Å²) < 4.78 is 2.65. The summed E-state index contributed by atoms with van der Waals surface area (Å²) in [5.74, 6) is 0. The summed E-state index contributed by atoms with van der Waals surface area (Å²) in [6.07, 6.45) is 5.98. The second-order valence-electron chi connectivity index (χ2n) is 7.90. The lowest BCUT2D eigenvalue weighted by atomic mass is 9.85. The largest absolute Gasteiger partial charge is 0.271 e. The zero-order chi connectivity index (χ0) is 21.7. The van der Waals surface area contributed by atoms with E-state index in [2.05, 4.69) is 72.3 Å². The van der Waals surface area contributed by atoms with Gasteiger partial charge in [-0.1, -0.05) is 53.8 Å². The Bertz CT molecular complexity index is 1520. The maximum absolute atomic E-state index is 13.6. The predicted octanol–water partition coefficient (Wildman–Crippen LogP) is 5.10. The molecule has 6 heteroatoms. The first kappa shape index (κ1) is 20.0. The average molecular weight is 473 g/mol. The third-order valence-electron chi connectivity index (χ3n) is 6.10. The molecular formula is C26H20N2OS3. The molecule has 4 aromatic rings. The van der Waals surface area contributed by atoms with Gasteiger partial charge in [0.1, 0.15) is 0 Å². The van der Waals surface area contributed by atoms with E-state index < -0.39 is 0 Å². The van der Waals surface area contributed by atoms with Crippen molar-refractivity contribution in [3.63, 3.8) is 0 Å². The Kier molecular flexibility index (Phi) is 5.01. The molecule has 0 spiro atoms. The van der Waals surface area contributed by atoms with Gasteiger partial charge in [0.15, 0.2) is 4.80 Å². The van der Waals surface area contributed by atoms with Gasteiger partial charge >= 0.3 is 0 Å². The summed E-state index contributed by atoms with van der Waals surface area (Å²) in [7, 11) is 0. The maximum atomic E-state index is 13.6. The first-order chi connectivity index (χ1) is 15.7. The van der Waals surface area contributed by atoms with Gasteiger partial charge in [0.25, 0.3) is 5.56 Å². The molecule has 0 N–H and O–H groups in total. The lowest BCUT2D eigenvalue weighted by molar-refractivity contribution is 0.593. The van der Waals surface area contributed by atoms with E-state index in [4.69, 9.17) is 4.99 Å². The van der Waals surface area contributed by atoms with E-state index in [0.29, 0.717) is 0 Å². The van der Waals surface area contributed by atoms with Crippen LogP contribution in [-0.2, 0) is 6.42 Å². The molecule has 1 atom stereocenters. The third kappa shape index (κ3) is 3.25. The molecule has 158 valence electrons. The fourth-order valence-corrected chi connectivity index (χ4v) is 6.83. The Morgan fingerprint density at radius 2 is 1.91 bits per heavy atom. The van der Waals surface area contributed by atoms with Crippen LogP contribution in [0.3, 0.4) is 0 Å².